The maximum Gasteiger partial charge on any atom is 0.306 e. The number of carbonyl (C=O) groups is 2. The number of hydrogen-bond acceptors (Lipinski definition) is 11. The van der Waals surface area contributed by atoms with Crippen molar-refractivity contribution in [2.24, 2.45) is 0 Å². The SMILES string of the molecule is CCCCC/C=C/C/C=C/CCCCCCCC(=O)OC[C@H](CO[C@H]1O[C@H](CS(=O)(=O)O)[C@@H](O)C(O)C1O)OC(=O)CCCCCCC/C=C/CCCCC. The molecule has 320 valence electrons. The van der Waals surface area contributed by atoms with E-state index in [0.29, 0.717) is 12.8 Å². The predicted octanol–water partition coefficient (Wildman–Crippen LogP) is 7.83. The van der Waals surface area contributed by atoms with Gasteiger partial charge in [0.2, 0.25) is 0 Å². The minimum Gasteiger partial charge on any atom is -0.462 e. The number of allylic oxidation sites excluding steroid dienone is 6. The Kier molecular flexibility index (Phi) is 30.4. The zero-order valence-electron chi connectivity index (χ0n) is 33.8. The molecule has 1 rings (SSSR count). The molecule has 4 N–H and O–H groups in total. The van der Waals surface area contributed by atoms with Gasteiger partial charge >= 0.3 is 11.9 Å². The highest BCUT2D eigenvalue weighted by Gasteiger charge is 2.46. The molecule has 0 spiro atoms. The molecular formula is C42H74O12S. The van der Waals surface area contributed by atoms with Crippen molar-refractivity contribution in [1.29, 1.82) is 0 Å². The number of rotatable bonds is 34. The summed E-state index contributed by atoms with van der Waals surface area (Å²) in [6.07, 6.45) is 26.2. The lowest BCUT2D eigenvalue weighted by Crippen LogP contribution is -2.60. The fraction of sp³-hybridized carbons (Fsp3) is 0.810. The molecular weight excluding hydrogens is 729 g/mol. The van der Waals surface area contributed by atoms with E-state index < -0.39 is 71.2 Å². The third-order valence-corrected chi connectivity index (χ3v) is 10.2. The second-order valence-electron chi connectivity index (χ2n) is 14.6. The van der Waals surface area contributed by atoms with Crippen molar-refractivity contribution >= 4 is 22.1 Å². The Morgan fingerprint density at radius 2 is 1.09 bits per heavy atom. The molecule has 2 unspecified atom stereocenters. The quantitative estimate of drug-likeness (QED) is 0.0214. The lowest BCUT2D eigenvalue weighted by Gasteiger charge is -2.40. The van der Waals surface area contributed by atoms with E-state index in [0.717, 1.165) is 83.5 Å². The summed E-state index contributed by atoms with van der Waals surface area (Å²) in [4.78, 5) is 25.3. The van der Waals surface area contributed by atoms with Gasteiger partial charge in [0.1, 0.15) is 36.8 Å². The maximum atomic E-state index is 12.7. The minimum atomic E-state index is -4.60. The van der Waals surface area contributed by atoms with Crippen LogP contribution in [0.2, 0.25) is 0 Å². The Labute approximate surface area is 331 Å². The Morgan fingerprint density at radius 3 is 1.62 bits per heavy atom. The van der Waals surface area contributed by atoms with E-state index >= 15 is 0 Å². The van der Waals surface area contributed by atoms with Crippen LogP contribution in [0.25, 0.3) is 0 Å². The summed E-state index contributed by atoms with van der Waals surface area (Å²) in [6, 6.07) is 0. The van der Waals surface area contributed by atoms with Crippen molar-refractivity contribution in [2.45, 2.75) is 198 Å². The molecule has 0 radical (unpaired) electrons. The van der Waals surface area contributed by atoms with Gasteiger partial charge in [-0.3, -0.25) is 14.1 Å². The molecule has 0 aromatic rings. The Balaban J connectivity index is 2.50. The minimum absolute atomic E-state index is 0.150. The van der Waals surface area contributed by atoms with E-state index in [1.807, 2.05) is 0 Å². The van der Waals surface area contributed by atoms with Crippen molar-refractivity contribution in [1.82, 2.24) is 0 Å². The van der Waals surface area contributed by atoms with Crippen LogP contribution in [0.3, 0.4) is 0 Å². The molecule has 0 aromatic carbocycles. The highest BCUT2D eigenvalue weighted by atomic mass is 32.2. The molecule has 0 bridgehead atoms. The van der Waals surface area contributed by atoms with E-state index in [2.05, 4.69) is 50.3 Å². The molecule has 12 nitrogen and oxygen atoms in total. The van der Waals surface area contributed by atoms with Gasteiger partial charge in [0.15, 0.2) is 12.4 Å². The number of aliphatic hydroxyl groups is 3. The molecule has 0 saturated carbocycles. The van der Waals surface area contributed by atoms with Crippen LogP contribution in [0.15, 0.2) is 36.5 Å². The lowest BCUT2D eigenvalue weighted by molar-refractivity contribution is -0.297. The first-order valence-corrected chi connectivity index (χ1v) is 22.7. The molecule has 1 fully saturated rings. The number of esters is 2. The van der Waals surface area contributed by atoms with Crippen LogP contribution in [0.1, 0.15) is 162 Å². The Hall–Kier alpha value is -2.13. The summed E-state index contributed by atoms with van der Waals surface area (Å²) in [5.41, 5.74) is 0. The maximum absolute atomic E-state index is 12.7. The van der Waals surface area contributed by atoms with Gasteiger partial charge < -0.3 is 34.3 Å². The molecule has 1 aliphatic rings. The fourth-order valence-electron chi connectivity index (χ4n) is 6.11. The molecule has 1 heterocycles. The summed E-state index contributed by atoms with van der Waals surface area (Å²) in [5, 5.41) is 30.8. The summed E-state index contributed by atoms with van der Waals surface area (Å²) in [6.45, 7) is 3.67. The van der Waals surface area contributed by atoms with Crippen molar-refractivity contribution in [3.8, 4) is 0 Å². The molecule has 55 heavy (non-hydrogen) atoms. The van der Waals surface area contributed by atoms with Gasteiger partial charge in [-0.2, -0.15) is 8.42 Å². The third-order valence-electron chi connectivity index (χ3n) is 9.44. The van der Waals surface area contributed by atoms with Crippen LogP contribution in [0, 0.1) is 0 Å². The first kappa shape index (κ1) is 50.9. The third kappa shape index (κ3) is 28.0. The average molecular weight is 803 g/mol. The number of ether oxygens (including phenoxy) is 4. The molecule has 1 saturated heterocycles. The zero-order valence-corrected chi connectivity index (χ0v) is 34.6. The van der Waals surface area contributed by atoms with Crippen molar-refractivity contribution < 1.29 is 56.8 Å². The van der Waals surface area contributed by atoms with Gasteiger partial charge in [0.25, 0.3) is 10.1 Å². The van der Waals surface area contributed by atoms with Gasteiger partial charge in [-0.1, -0.05) is 115 Å². The lowest BCUT2D eigenvalue weighted by atomic mass is 10.00. The van der Waals surface area contributed by atoms with Crippen LogP contribution in [0.4, 0.5) is 0 Å². The summed E-state index contributed by atoms with van der Waals surface area (Å²) in [5.74, 6) is -2.01. The van der Waals surface area contributed by atoms with Gasteiger partial charge in [0, 0.05) is 12.8 Å². The van der Waals surface area contributed by atoms with Crippen LogP contribution in [-0.2, 0) is 38.7 Å². The van der Waals surface area contributed by atoms with E-state index in [9.17, 15) is 37.9 Å². The van der Waals surface area contributed by atoms with E-state index in [-0.39, 0.29) is 19.4 Å². The van der Waals surface area contributed by atoms with Crippen molar-refractivity contribution in [2.75, 3.05) is 19.0 Å². The highest BCUT2D eigenvalue weighted by Crippen LogP contribution is 2.24. The molecule has 0 aliphatic carbocycles. The first-order chi connectivity index (χ1) is 26.5. The Bertz CT molecular complexity index is 1170. The molecule has 0 amide bonds. The first-order valence-electron chi connectivity index (χ1n) is 21.0. The smallest absolute Gasteiger partial charge is 0.306 e. The molecule has 1 aliphatic heterocycles. The molecule has 6 atom stereocenters. The van der Waals surface area contributed by atoms with Crippen molar-refractivity contribution in [3.63, 3.8) is 0 Å². The van der Waals surface area contributed by atoms with Crippen molar-refractivity contribution in [3.05, 3.63) is 36.5 Å². The molecule has 13 heteroatoms. The predicted molar refractivity (Wildman–Crippen MR) is 215 cm³/mol. The summed E-state index contributed by atoms with van der Waals surface area (Å²) in [7, 11) is -4.60. The monoisotopic (exact) mass is 802 g/mol. The largest absolute Gasteiger partial charge is 0.462 e. The normalized spacial score (nSPS) is 21.2. The Morgan fingerprint density at radius 1 is 0.618 bits per heavy atom. The number of hydrogen-bond donors (Lipinski definition) is 4. The molecule has 0 aromatic heterocycles. The van der Waals surface area contributed by atoms with E-state index in [1.54, 1.807) is 0 Å². The number of carbonyl (C=O) groups excluding carboxylic acids is 2. The van der Waals surface area contributed by atoms with Crippen LogP contribution >= 0.6 is 0 Å². The summed E-state index contributed by atoms with van der Waals surface area (Å²) >= 11 is 0. The van der Waals surface area contributed by atoms with E-state index in [4.69, 9.17) is 18.9 Å². The van der Waals surface area contributed by atoms with Gasteiger partial charge in [-0.15, -0.1) is 0 Å². The van der Waals surface area contributed by atoms with Gasteiger partial charge in [0.05, 0.1) is 6.61 Å². The zero-order chi connectivity index (χ0) is 40.6. The second-order valence-corrected chi connectivity index (χ2v) is 16.1. The van der Waals surface area contributed by atoms with Gasteiger partial charge in [-0.25, -0.2) is 0 Å². The highest BCUT2D eigenvalue weighted by molar-refractivity contribution is 7.85. The van der Waals surface area contributed by atoms with Gasteiger partial charge in [-0.05, 0) is 70.6 Å². The van der Waals surface area contributed by atoms with Crippen LogP contribution in [0.5, 0.6) is 0 Å². The summed E-state index contributed by atoms with van der Waals surface area (Å²) < 4.78 is 53.9. The van der Waals surface area contributed by atoms with Crippen LogP contribution in [-0.4, -0.2) is 96.0 Å². The second kappa shape index (κ2) is 32.9. The van der Waals surface area contributed by atoms with E-state index in [1.165, 1.54) is 38.5 Å². The average Bonchev–Trinajstić information content (AvgIpc) is 3.14. The number of aliphatic hydroxyl groups excluding tert-OH is 3. The topological polar surface area (TPSA) is 186 Å². The number of unbranched alkanes of at least 4 members (excludes halogenated alkanes) is 16. The standard InChI is InChI=1S/C42H74O12S/c1-3-5-7-9-11-13-15-17-18-19-21-22-24-26-28-30-37(43)51-32-35(33-52-42-41(47)40(46)39(45)36(54-42)34-55(48,49)50)53-38(44)31-29-27-25-23-20-16-14-12-10-8-6-4-2/h11-14,17-18,35-36,39-42,45-47H,3-10,15-16,19-34H2,1-2H3,(H,48,49,50)/b13-11+,14-12+,18-17+/t35-,36-,39-,40?,41?,42+/m1/s1. The van der Waals surface area contributed by atoms with Crippen LogP contribution < -0.4 is 0 Å². The fourth-order valence-corrected chi connectivity index (χ4v) is 6.80.